The number of pyridine rings is 1. The van der Waals surface area contributed by atoms with Crippen LogP contribution in [0.2, 0.25) is 0 Å². The van der Waals surface area contributed by atoms with Gasteiger partial charge in [0, 0.05) is 0 Å². The number of carbonyl (C=O) groups is 1. The van der Waals surface area contributed by atoms with Gasteiger partial charge in [0.2, 0.25) is 0 Å². The third kappa shape index (κ3) is 5.30. The smallest absolute Gasteiger partial charge is 0.408 e. The average Bonchev–Trinajstić information content (AvgIpc) is 3.15. The lowest BCUT2D eigenvalue weighted by Crippen LogP contribution is -2.44. The number of halogens is 3. The molecule has 1 aromatic rings. The normalized spacial score (nSPS) is 16.1. The standard InChI is InChI=1S/C15H19BrF2N2O3/c1-14(2,3)23-13(21)20-15(4-5-15)8-22-9-6-10(12(17)18)11(16)19-7-9/h6-7,12H,4-5,8H2,1-3H3,(H,20,21). The summed E-state index contributed by atoms with van der Waals surface area (Å²) in [7, 11) is 0. The lowest BCUT2D eigenvalue weighted by molar-refractivity contribution is 0.0477. The van der Waals surface area contributed by atoms with Crippen LogP contribution in [0.4, 0.5) is 13.6 Å². The minimum Gasteiger partial charge on any atom is -0.490 e. The van der Waals surface area contributed by atoms with Gasteiger partial charge in [0.05, 0.1) is 17.3 Å². The van der Waals surface area contributed by atoms with Gasteiger partial charge in [-0.2, -0.15) is 0 Å². The average molecular weight is 393 g/mol. The molecule has 0 radical (unpaired) electrons. The van der Waals surface area contributed by atoms with Gasteiger partial charge >= 0.3 is 6.09 Å². The van der Waals surface area contributed by atoms with Gasteiger partial charge in [-0.25, -0.2) is 18.6 Å². The first-order chi connectivity index (χ1) is 10.6. The van der Waals surface area contributed by atoms with Gasteiger partial charge in [0.25, 0.3) is 6.43 Å². The molecule has 1 saturated carbocycles. The fraction of sp³-hybridized carbons (Fsp3) is 0.600. The molecule has 8 heteroatoms. The number of nitrogens with zero attached hydrogens (tertiary/aromatic N) is 1. The molecular formula is C15H19BrF2N2O3. The van der Waals surface area contributed by atoms with Crippen LogP contribution in [0, 0.1) is 0 Å². The van der Waals surface area contributed by atoms with Gasteiger partial charge in [-0.3, -0.25) is 0 Å². The largest absolute Gasteiger partial charge is 0.490 e. The van der Waals surface area contributed by atoms with E-state index in [-0.39, 0.29) is 22.5 Å². The Morgan fingerprint density at radius 2 is 2.13 bits per heavy atom. The summed E-state index contributed by atoms with van der Waals surface area (Å²) in [6.45, 7) is 5.52. The second-order valence-electron chi connectivity index (χ2n) is 6.55. The van der Waals surface area contributed by atoms with Crippen molar-refractivity contribution in [2.24, 2.45) is 0 Å². The van der Waals surface area contributed by atoms with Gasteiger partial charge in [-0.15, -0.1) is 0 Å². The molecule has 1 aliphatic carbocycles. The highest BCUT2D eigenvalue weighted by Crippen LogP contribution is 2.37. The quantitative estimate of drug-likeness (QED) is 0.762. The maximum atomic E-state index is 12.8. The molecule has 128 valence electrons. The van der Waals surface area contributed by atoms with Crippen molar-refractivity contribution < 1.29 is 23.0 Å². The summed E-state index contributed by atoms with van der Waals surface area (Å²) in [4.78, 5) is 15.6. The van der Waals surface area contributed by atoms with Crippen LogP contribution in [0.3, 0.4) is 0 Å². The molecule has 0 spiro atoms. The number of amides is 1. The van der Waals surface area contributed by atoms with Crippen LogP contribution in [0.1, 0.15) is 45.6 Å². The van der Waals surface area contributed by atoms with Gasteiger partial charge in [0.1, 0.15) is 22.6 Å². The first kappa shape index (κ1) is 17.9. The molecule has 1 heterocycles. The molecule has 2 rings (SSSR count). The highest BCUT2D eigenvalue weighted by molar-refractivity contribution is 9.10. The summed E-state index contributed by atoms with van der Waals surface area (Å²) in [5.41, 5.74) is -1.31. The van der Waals surface area contributed by atoms with E-state index < -0.39 is 23.7 Å². The maximum absolute atomic E-state index is 12.8. The number of aromatic nitrogens is 1. The van der Waals surface area contributed by atoms with E-state index in [0.29, 0.717) is 0 Å². The first-order valence-corrected chi connectivity index (χ1v) is 7.97. The Morgan fingerprint density at radius 1 is 1.48 bits per heavy atom. The molecule has 0 atom stereocenters. The van der Waals surface area contributed by atoms with Crippen LogP contribution in [-0.2, 0) is 4.74 Å². The Labute approximate surface area is 141 Å². The van der Waals surface area contributed by atoms with E-state index in [2.05, 4.69) is 26.2 Å². The molecule has 0 aromatic carbocycles. The number of hydrogen-bond acceptors (Lipinski definition) is 4. The number of rotatable bonds is 5. The van der Waals surface area contributed by atoms with E-state index >= 15 is 0 Å². The van der Waals surface area contributed by atoms with Gasteiger partial charge < -0.3 is 14.8 Å². The summed E-state index contributed by atoms with van der Waals surface area (Å²) in [6.07, 6.45) is -0.300. The monoisotopic (exact) mass is 392 g/mol. The molecule has 1 aromatic heterocycles. The van der Waals surface area contributed by atoms with Gasteiger partial charge in [-0.1, -0.05) is 0 Å². The second-order valence-corrected chi connectivity index (χ2v) is 7.30. The van der Waals surface area contributed by atoms with Crippen molar-refractivity contribution in [2.75, 3.05) is 6.61 Å². The fourth-order valence-electron chi connectivity index (χ4n) is 1.87. The minimum atomic E-state index is -2.64. The predicted molar refractivity (Wildman–Crippen MR) is 83.7 cm³/mol. The van der Waals surface area contributed by atoms with E-state index in [9.17, 15) is 13.6 Å². The predicted octanol–water partition coefficient (Wildman–Crippen LogP) is 4.22. The molecule has 23 heavy (non-hydrogen) atoms. The van der Waals surface area contributed by atoms with Crippen molar-refractivity contribution in [3.05, 3.63) is 22.4 Å². The summed E-state index contributed by atoms with van der Waals surface area (Å²) >= 11 is 2.97. The molecule has 1 amide bonds. The van der Waals surface area contributed by atoms with Crippen molar-refractivity contribution in [1.82, 2.24) is 10.3 Å². The third-order valence-electron chi connectivity index (χ3n) is 3.21. The summed E-state index contributed by atoms with van der Waals surface area (Å²) in [5.74, 6) is 0.237. The zero-order valence-corrected chi connectivity index (χ0v) is 14.7. The number of carbonyl (C=O) groups excluding carboxylic acids is 1. The summed E-state index contributed by atoms with van der Waals surface area (Å²) in [6, 6.07) is 1.24. The Kier molecular flexibility index (Phi) is 5.13. The van der Waals surface area contributed by atoms with E-state index in [1.807, 2.05) is 0 Å². The number of alkyl halides is 2. The first-order valence-electron chi connectivity index (χ1n) is 7.18. The number of nitrogens with one attached hydrogen (secondary N) is 1. The lowest BCUT2D eigenvalue weighted by Gasteiger charge is -2.23. The van der Waals surface area contributed by atoms with Crippen LogP contribution in [0.25, 0.3) is 0 Å². The maximum Gasteiger partial charge on any atom is 0.408 e. The van der Waals surface area contributed by atoms with E-state index in [1.165, 1.54) is 12.3 Å². The van der Waals surface area contributed by atoms with E-state index in [4.69, 9.17) is 9.47 Å². The van der Waals surface area contributed by atoms with Crippen LogP contribution >= 0.6 is 15.9 Å². The molecule has 0 aliphatic heterocycles. The molecule has 0 saturated heterocycles. The second kappa shape index (κ2) is 6.59. The molecule has 0 unspecified atom stereocenters. The van der Waals surface area contributed by atoms with Crippen molar-refractivity contribution in [3.8, 4) is 5.75 Å². The van der Waals surface area contributed by atoms with Gasteiger partial charge in [0.15, 0.2) is 0 Å². The lowest BCUT2D eigenvalue weighted by atomic mass is 10.2. The van der Waals surface area contributed by atoms with Crippen LogP contribution in [0.5, 0.6) is 5.75 Å². The molecule has 0 bridgehead atoms. The molecule has 1 N–H and O–H groups in total. The van der Waals surface area contributed by atoms with Crippen LogP contribution in [-0.4, -0.2) is 28.8 Å². The third-order valence-corrected chi connectivity index (χ3v) is 3.87. The SMILES string of the molecule is CC(C)(C)OC(=O)NC1(COc2cnc(Br)c(C(F)F)c2)CC1. The highest BCUT2D eigenvalue weighted by atomic mass is 79.9. The Bertz CT molecular complexity index is 587. The zero-order valence-electron chi connectivity index (χ0n) is 13.2. The number of hydrogen-bond donors (Lipinski definition) is 1. The Hall–Kier alpha value is -1.44. The molecule has 5 nitrogen and oxygen atoms in total. The Morgan fingerprint density at radius 3 is 2.65 bits per heavy atom. The van der Waals surface area contributed by atoms with Crippen LogP contribution < -0.4 is 10.1 Å². The van der Waals surface area contributed by atoms with Crippen molar-refractivity contribution in [1.29, 1.82) is 0 Å². The van der Waals surface area contributed by atoms with Crippen molar-refractivity contribution in [2.45, 2.75) is 51.2 Å². The zero-order chi connectivity index (χ0) is 17.3. The topological polar surface area (TPSA) is 60.5 Å². The summed E-state index contributed by atoms with van der Waals surface area (Å²) < 4.78 is 36.5. The number of ether oxygens (including phenoxy) is 2. The van der Waals surface area contributed by atoms with E-state index in [0.717, 1.165) is 12.8 Å². The number of alkyl carbamates (subject to hydrolysis) is 1. The fourth-order valence-corrected chi connectivity index (χ4v) is 2.26. The van der Waals surface area contributed by atoms with Gasteiger partial charge in [-0.05, 0) is 55.6 Å². The Balaban J connectivity index is 1.93. The molecule has 1 fully saturated rings. The van der Waals surface area contributed by atoms with Crippen molar-refractivity contribution in [3.63, 3.8) is 0 Å². The minimum absolute atomic E-state index is 0.0906. The molecular weight excluding hydrogens is 374 g/mol. The molecule has 1 aliphatic rings. The van der Waals surface area contributed by atoms with Crippen LogP contribution in [0.15, 0.2) is 16.9 Å². The summed E-state index contributed by atoms with van der Waals surface area (Å²) in [5, 5.41) is 2.78. The highest BCUT2D eigenvalue weighted by Gasteiger charge is 2.46. The van der Waals surface area contributed by atoms with E-state index in [1.54, 1.807) is 20.8 Å². The van der Waals surface area contributed by atoms with Crippen molar-refractivity contribution >= 4 is 22.0 Å².